The van der Waals surface area contributed by atoms with Crippen molar-refractivity contribution in [3.8, 4) is 11.5 Å². The van der Waals surface area contributed by atoms with Crippen molar-refractivity contribution in [1.29, 1.82) is 0 Å². The fourth-order valence-electron chi connectivity index (χ4n) is 3.18. The van der Waals surface area contributed by atoms with Crippen LogP contribution in [0.3, 0.4) is 0 Å². The van der Waals surface area contributed by atoms with Crippen LogP contribution in [-0.2, 0) is 6.54 Å². The maximum atomic E-state index is 13.9. The molecule has 4 rings (SSSR count). The third-order valence-corrected chi connectivity index (χ3v) is 4.72. The number of nitrogens with zero attached hydrogens (tertiary/aromatic N) is 2. The molecule has 1 heterocycles. The molecule has 2 atom stereocenters. The molecule has 1 saturated carbocycles. The molecule has 1 fully saturated rings. The van der Waals surface area contributed by atoms with Gasteiger partial charge in [0.05, 0.1) is 12.2 Å². The van der Waals surface area contributed by atoms with Gasteiger partial charge in [0, 0.05) is 30.1 Å². The molecule has 2 aromatic carbocycles. The van der Waals surface area contributed by atoms with Crippen molar-refractivity contribution >= 4 is 29.9 Å². The van der Waals surface area contributed by atoms with E-state index in [2.05, 4.69) is 20.6 Å². The highest BCUT2D eigenvalue weighted by atomic mass is 127. The topological polar surface area (TPSA) is 62.5 Å². The van der Waals surface area contributed by atoms with Crippen LogP contribution in [0.5, 0.6) is 0 Å². The normalized spacial score (nSPS) is 18.1. The van der Waals surface area contributed by atoms with Gasteiger partial charge in [0.25, 0.3) is 0 Å². The zero-order valence-corrected chi connectivity index (χ0v) is 18.1. The lowest BCUT2D eigenvalue weighted by atomic mass is 10.1. The first-order valence-corrected chi connectivity index (χ1v) is 9.06. The molecule has 0 amide bonds. The summed E-state index contributed by atoms with van der Waals surface area (Å²) in [6, 6.07) is 13.5. The Morgan fingerprint density at radius 2 is 1.86 bits per heavy atom. The van der Waals surface area contributed by atoms with Crippen molar-refractivity contribution in [2.24, 2.45) is 4.99 Å². The van der Waals surface area contributed by atoms with Crippen molar-refractivity contribution in [3.63, 3.8) is 0 Å². The minimum Gasteiger partial charge on any atom is -0.444 e. The van der Waals surface area contributed by atoms with E-state index < -0.39 is 11.6 Å². The first kappa shape index (κ1) is 21.2. The standard InChI is InChI=1S/C21H20F2N4O.HI/c1-24-21(27-18-10-15(18)19-16(22)8-5-9-17(19)23)25-11-14-12-28-20(26-14)13-6-3-2-4-7-13;/h2-9,12,15,18H,10-11H2,1H3,(H2,24,25,27);1H. The fraction of sp³-hybridized carbons (Fsp3) is 0.238. The highest BCUT2D eigenvalue weighted by Gasteiger charge is 2.42. The molecule has 29 heavy (non-hydrogen) atoms. The Balaban J connectivity index is 0.00000240. The summed E-state index contributed by atoms with van der Waals surface area (Å²) in [4.78, 5) is 8.63. The zero-order valence-electron chi connectivity index (χ0n) is 15.7. The largest absolute Gasteiger partial charge is 0.444 e. The number of oxazole rings is 1. The molecule has 0 bridgehead atoms. The fourth-order valence-corrected chi connectivity index (χ4v) is 3.18. The SMILES string of the molecule is CN=C(NCc1coc(-c2ccccc2)n1)NC1CC1c1c(F)cccc1F.I. The number of rotatable bonds is 5. The van der Waals surface area contributed by atoms with E-state index in [9.17, 15) is 8.78 Å². The zero-order chi connectivity index (χ0) is 19.5. The van der Waals surface area contributed by atoms with Crippen LogP contribution in [0.15, 0.2) is 64.2 Å². The van der Waals surface area contributed by atoms with Gasteiger partial charge < -0.3 is 15.1 Å². The summed E-state index contributed by atoms with van der Waals surface area (Å²) >= 11 is 0. The Hall–Kier alpha value is -2.49. The second-order valence-corrected chi connectivity index (χ2v) is 6.66. The van der Waals surface area contributed by atoms with Gasteiger partial charge in [0.1, 0.15) is 17.9 Å². The summed E-state index contributed by atoms with van der Waals surface area (Å²) in [6.45, 7) is 0.418. The second-order valence-electron chi connectivity index (χ2n) is 6.66. The molecule has 2 unspecified atom stereocenters. The van der Waals surface area contributed by atoms with Crippen LogP contribution in [-0.4, -0.2) is 24.0 Å². The van der Waals surface area contributed by atoms with Crippen LogP contribution >= 0.6 is 24.0 Å². The van der Waals surface area contributed by atoms with E-state index in [4.69, 9.17) is 4.42 Å². The van der Waals surface area contributed by atoms with Crippen LogP contribution in [0, 0.1) is 11.6 Å². The number of hydrogen-bond donors (Lipinski definition) is 2. The quantitative estimate of drug-likeness (QED) is 0.303. The smallest absolute Gasteiger partial charge is 0.226 e. The molecule has 0 aliphatic heterocycles. The van der Waals surface area contributed by atoms with Crippen LogP contribution in [0.1, 0.15) is 23.6 Å². The highest BCUT2D eigenvalue weighted by Crippen LogP contribution is 2.43. The number of aliphatic imine (C=N–C) groups is 1. The van der Waals surface area contributed by atoms with Gasteiger partial charge in [-0.2, -0.15) is 0 Å². The van der Waals surface area contributed by atoms with Crippen LogP contribution in [0.4, 0.5) is 8.78 Å². The van der Waals surface area contributed by atoms with Crippen molar-refractivity contribution < 1.29 is 13.2 Å². The molecule has 0 spiro atoms. The van der Waals surface area contributed by atoms with Crippen molar-refractivity contribution in [3.05, 3.63) is 77.7 Å². The minimum absolute atomic E-state index is 0. The average Bonchev–Trinajstić information content (AvgIpc) is 3.28. The summed E-state index contributed by atoms with van der Waals surface area (Å²) in [7, 11) is 1.65. The second kappa shape index (κ2) is 9.34. The maximum absolute atomic E-state index is 13.9. The average molecular weight is 510 g/mol. The first-order valence-electron chi connectivity index (χ1n) is 9.06. The van der Waals surface area contributed by atoms with E-state index in [1.165, 1.54) is 18.2 Å². The predicted molar refractivity (Wildman–Crippen MR) is 118 cm³/mol. The summed E-state index contributed by atoms with van der Waals surface area (Å²) < 4.78 is 33.3. The lowest BCUT2D eigenvalue weighted by molar-refractivity contribution is 0.553. The number of guanidine groups is 1. The molecule has 152 valence electrons. The van der Waals surface area contributed by atoms with Gasteiger partial charge in [-0.05, 0) is 30.7 Å². The summed E-state index contributed by atoms with van der Waals surface area (Å²) in [6.07, 6.45) is 2.25. The minimum atomic E-state index is -0.506. The Morgan fingerprint density at radius 1 is 1.14 bits per heavy atom. The van der Waals surface area contributed by atoms with Crippen molar-refractivity contribution in [1.82, 2.24) is 15.6 Å². The Morgan fingerprint density at radius 3 is 2.55 bits per heavy atom. The van der Waals surface area contributed by atoms with Gasteiger partial charge in [-0.15, -0.1) is 24.0 Å². The molecule has 1 aliphatic carbocycles. The summed E-state index contributed by atoms with van der Waals surface area (Å²) in [5.74, 6) is -0.107. The molecule has 8 heteroatoms. The summed E-state index contributed by atoms with van der Waals surface area (Å²) in [5.41, 5.74) is 1.78. The van der Waals surface area contributed by atoms with E-state index in [1.54, 1.807) is 13.3 Å². The van der Waals surface area contributed by atoms with E-state index in [0.29, 0.717) is 24.8 Å². The van der Waals surface area contributed by atoms with Gasteiger partial charge in [-0.3, -0.25) is 4.99 Å². The third-order valence-electron chi connectivity index (χ3n) is 4.72. The monoisotopic (exact) mass is 510 g/mol. The molecule has 0 saturated heterocycles. The number of benzene rings is 2. The van der Waals surface area contributed by atoms with Crippen LogP contribution in [0.2, 0.25) is 0 Å². The Bertz CT molecular complexity index is 973. The number of aromatic nitrogens is 1. The van der Waals surface area contributed by atoms with Gasteiger partial charge in [0.15, 0.2) is 5.96 Å². The number of halogens is 3. The van der Waals surface area contributed by atoms with Crippen LogP contribution < -0.4 is 10.6 Å². The van der Waals surface area contributed by atoms with E-state index in [-0.39, 0.29) is 41.5 Å². The molecule has 3 aromatic rings. The maximum Gasteiger partial charge on any atom is 0.226 e. The van der Waals surface area contributed by atoms with Gasteiger partial charge in [-0.1, -0.05) is 24.3 Å². The Kier molecular flexibility index (Phi) is 6.83. The predicted octanol–water partition coefficient (Wildman–Crippen LogP) is 4.46. The van der Waals surface area contributed by atoms with E-state index in [0.717, 1.165) is 11.3 Å². The van der Waals surface area contributed by atoms with Gasteiger partial charge >= 0.3 is 0 Å². The first-order chi connectivity index (χ1) is 13.7. The van der Waals surface area contributed by atoms with Gasteiger partial charge in [0.2, 0.25) is 5.89 Å². The molecule has 2 N–H and O–H groups in total. The Labute approximate surface area is 184 Å². The molecule has 5 nitrogen and oxygen atoms in total. The number of nitrogens with one attached hydrogen (secondary N) is 2. The molecule has 0 radical (unpaired) electrons. The van der Waals surface area contributed by atoms with Gasteiger partial charge in [-0.25, -0.2) is 13.8 Å². The van der Waals surface area contributed by atoms with Crippen LogP contribution in [0.25, 0.3) is 11.5 Å². The van der Waals surface area contributed by atoms with Crippen molar-refractivity contribution in [2.75, 3.05) is 7.05 Å². The molecule has 1 aromatic heterocycles. The third kappa shape index (κ3) is 4.92. The van der Waals surface area contributed by atoms with E-state index in [1.807, 2.05) is 30.3 Å². The highest BCUT2D eigenvalue weighted by molar-refractivity contribution is 14.0. The molecular weight excluding hydrogens is 489 g/mol. The lowest BCUT2D eigenvalue weighted by Crippen LogP contribution is -2.38. The molecular formula is C21H21F2IN4O. The molecule has 1 aliphatic rings. The van der Waals surface area contributed by atoms with E-state index >= 15 is 0 Å². The number of hydrogen-bond acceptors (Lipinski definition) is 3. The summed E-state index contributed by atoms with van der Waals surface area (Å²) in [5, 5.41) is 6.35. The lowest BCUT2D eigenvalue weighted by Gasteiger charge is -2.11. The van der Waals surface area contributed by atoms with Crippen molar-refractivity contribution in [2.45, 2.75) is 24.9 Å².